The van der Waals surface area contributed by atoms with E-state index in [4.69, 9.17) is 23.2 Å². The smallest absolute Gasteiger partial charge is 0.253 e. The molecule has 0 atom stereocenters. The second kappa shape index (κ2) is 7.89. The molecule has 0 unspecified atom stereocenters. The number of hydrogen-bond donors (Lipinski definition) is 1. The molecule has 4 nitrogen and oxygen atoms in total. The first-order chi connectivity index (χ1) is 12.0. The van der Waals surface area contributed by atoms with E-state index < -0.39 is 0 Å². The average Bonchev–Trinajstić information content (AvgIpc) is 3.16. The van der Waals surface area contributed by atoms with Crippen molar-refractivity contribution in [2.24, 2.45) is 0 Å². The number of nitrogens with zero attached hydrogens (tertiary/aromatic N) is 1. The Balaban J connectivity index is 1.64. The van der Waals surface area contributed by atoms with Crippen molar-refractivity contribution in [3.05, 3.63) is 69.2 Å². The predicted molar refractivity (Wildman–Crippen MR) is 99.2 cm³/mol. The van der Waals surface area contributed by atoms with Crippen molar-refractivity contribution >= 4 is 35.0 Å². The van der Waals surface area contributed by atoms with Gasteiger partial charge in [0.2, 0.25) is 0 Å². The van der Waals surface area contributed by atoms with E-state index in [2.05, 4.69) is 5.32 Å². The SMILES string of the molecule is O=C(NCc1cccc(C(=O)N2CCCC2)c1)c1ccc(Cl)c(Cl)c1. The lowest BCUT2D eigenvalue weighted by molar-refractivity contribution is 0.0792. The number of carbonyl (C=O) groups is 2. The third-order valence-electron chi connectivity index (χ3n) is 4.20. The Hall–Kier alpha value is -2.04. The average molecular weight is 377 g/mol. The van der Waals surface area contributed by atoms with Crippen LogP contribution < -0.4 is 5.32 Å². The van der Waals surface area contributed by atoms with Crippen LogP contribution in [0, 0.1) is 0 Å². The van der Waals surface area contributed by atoms with Gasteiger partial charge in [-0.2, -0.15) is 0 Å². The minimum absolute atomic E-state index is 0.0511. The molecule has 1 aliphatic rings. The summed E-state index contributed by atoms with van der Waals surface area (Å²) in [5.74, 6) is -0.190. The Morgan fingerprint density at radius 3 is 2.44 bits per heavy atom. The molecule has 1 N–H and O–H groups in total. The Labute approximate surface area is 156 Å². The second-order valence-electron chi connectivity index (χ2n) is 6.01. The van der Waals surface area contributed by atoms with Gasteiger partial charge < -0.3 is 10.2 Å². The minimum atomic E-state index is -0.241. The first kappa shape index (κ1) is 17.8. The zero-order valence-electron chi connectivity index (χ0n) is 13.6. The maximum absolute atomic E-state index is 12.4. The van der Waals surface area contributed by atoms with Crippen molar-refractivity contribution in [2.45, 2.75) is 19.4 Å². The Bertz CT molecular complexity index is 802. The number of likely N-dealkylation sites (tertiary alicyclic amines) is 1. The first-order valence-corrected chi connectivity index (χ1v) is 8.91. The quantitative estimate of drug-likeness (QED) is 0.870. The van der Waals surface area contributed by atoms with Crippen LogP contribution in [0.5, 0.6) is 0 Å². The zero-order valence-corrected chi connectivity index (χ0v) is 15.1. The largest absolute Gasteiger partial charge is 0.348 e. The summed E-state index contributed by atoms with van der Waals surface area (Å²) in [6.07, 6.45) is 2.12. The lowest BCUT2D eigenvalue weighted by Gasteiger charge is -2.15. The lowest BCUT2D eigenvalue weighted by Crippen LogP contribution is -2.28. The molecule has 2 aromatic rings. The topological polar surface area (TPSA) is 49.4 Å². The maximum Gasteiger partial charge on any atom is 0.253 e. The molecule has 130 valence electrons. The van der Waals surface area contributed by atoms with E-state index in [0.717, 1.165) is 31.5 Å². The van der Waals surface area contributed by atoms with E-state index in [1.54, 1.807) is 12.1 Å². The Kier molecular flexibility index (Phi) is 5.61. The molecule has 0 aromatic heterocycles. The van der Waals surface area contributed by atoms with Gasteiger partial charge in [0.15, 0.2) is 0 Å². The molecule has 25 heavy (non-hydrogen) atoms. The van der Waals surface area contributed by atoms with Gasteiger partial charge in [0.25, 0.3) is 11.8 Å². The summed E-state index contributed by atoms with van der Waals surface area (Å²) in [6.45, 7) is 1.97. The maximum atomic E-state index is 12.4. The van der Waals surface area contributed by atoms with Crippen molar-refractivity contribution in [1.29, 1.82) is 0 Å². The Morgan fingerprint density at radius 1 is 0.960 bits per heavy atom. The van der Waals surface area contributed by atoms with Crippen LogP contribution in [0.3, 0.4) is 0 Å². The van der Waals surface area contributed by atoms with Crippen LogP contribution in [0.2, 0.25) is 10.0 Å². The second-order valence-corrected chi connectivity index (χ2v) is 6.83. The van der Waals surface area contributed by atoms with Crippen molar-refractivity contribution in [2.75, 3.05) is 13.1 Å². The fourth-order valence-electron chi connectivity index (χ4n) is 2.84. The summed E-state index contributed by atoms with van der Waals surface area (Å²) in [7, 11) is 0. The third-order valence-corrected chi connectivity index (χ3v) is 4.94. The first-order valence-electron chi connectivity index (χ1n) is 8.16. The van der Waals surface area contributed by atoms with Gasteiger partial charge in [0.05, 0.1) is 10.0 Å². The van der Waals surface area contributed by atoms with Crippen molar-refractivity contribution in [3.8, 4) is 0 Å². The van der Waals surface area contributed by atoms with Gasteiger partial charge in [-0.25, -0.2) is 0 Å². The summed E-state index contributed by atoms with van der Waals surface area (Å²) >= 11 is 11.8. The lowest BCUT2D eigenvalue weighted by atomic mass is 10.1. The molecule has 0 spiro atoms. The molecular formula is C19H18Cl2N2O2. The fraction of sp³-hybridized carbons (Fsp3) is 0.263. The van der Waals surface area contributed by atoms with E-state index in [9.17, 15) is 9.59 Å². The van der Waals surface area contributed by atoms with Gasteiger partial charge in [0, 0.05) is 30.8 Å². The van der Waals surface area contributed by atoms with Gasteiger partial charge in [0.1, 0.15) is 0 Å². The van der Waals surface area contributed by atoms with Gasteiger partial charge in [-0.05, 0) is 48.7 Å². The van der Waals surface area contributed by atoms with E-state index in [1.165, 1.54) is 6.07 Å². The molecule has 0 aliphatic carbocycles. The van der Waals surface area contributed by atoms with Gasteiger partial charge in [-0.1, -0.05) is 35.3 Å². The molecule has 0 bridgehead atoms. The van der Waals surface area contributed by atoms with Gasteiger partial charge in [-0.3, -0.25) is 9.59 Å². The van der Waals surface area contributed by atoms with E-state index in [1.807, 2.05) is 29.2 Å². The van der Waals surface area contributed by atoms with Crippen LogP contribution >= 0.6 is 23.2 Å². The molecular weight excluding hydrogens is 359 g/mol. The molecule has 1 heterocycles. The molecule has 2 amide bonds. The molecule has 2 aromatic carbocycles. The monoisotopic (exact) mass is 376 g/mol. The molecule has 6 heteroatoms. The van der Waals surface area contributed by atoms with E-state index >= 15 is 0 Å². The van der Waals surface area contributed by atoms with E-state index in [0.29, 0.717) is 27.7 Å². The van der Waals surface area contributed by atoms with Crippen LogP contribution in [0.15, 0.2) is 42.5 Å². The van der Waals surface area contributed by atoms with Gasteiger partial charge >= 0.3 is 0 Å². The van der Waals surface area contributed by atoms with Crippen molar-refractivity contribution in [1.82, 2.24) is 10.2 Å². The molecule has 1 saturated heterocycles. The Morgan fingerprint density at radius 2 is 1.72 bits per heavy atom. The number of amides is 2. The summed E-state index contributed by atoms with van der Waals surface area (Å²) < 4.78 is 0. The van der Waals surface area contributed by atoms with E-state index in [-0.39, 0.29) is 11.8 Å². The number of hydrogen-bond acceptors (Lipinski definition) is 2. The number of rotatable bonds is 4. The van der Waals surface area contributed by atoms with Crippen LogP contribution in [0.1, 0.15) is 39.1 Å². The molecule has 1 aliphatic heterocycles. The van der Waals surface area contributed by atoms with Crippen LogP contribution in [-0.4, -0.2) is 29.8 Å². The number of carbonyl (C=O) groups excluding carboxylic acids is 2. The van der Waals surface area contributed by atoms with Crippen molar-refractivity contribution < 1.29 is 9.59 Å². The summed E-state index contributed by atoms with van der Waals surface area (Å²) in [4.78, 5) is 26.5. The van der Waals surface area contributed by atoms with Crippen LogP contribution in [-0.2, 0) is 6.54 Å². The minimum Gasteiger partial charge on any atom is -0.348 e. The molecule has 0 saturated carbocycles. The van der Waals surface area contributed by atoms with Crippen LogP contribution in [0.25, 0.3) is 0 Å². The van der Waals surface area contributed by atoms with Gasteiger partial charge in [-0.15, -0.1) is 0 Å². The number of nitrogens with one attached hydrogen (secondary N) is 1. The standard InChI is InChI=1S/C19H18Cl2N2O2/c20-16-7-6-14(11-17(16)21)18(24)22-12-13-4-3-5-15(10-13)19(25)23-8-1-2-9-23/h3-7,10-11H,1-2,8-9,12H2,(H,22,24). The molecule has 0 radical (unpaired) electrons. The highest BCUT2D eigenvalue weighted by Gasteiger charge is 2.19. The third kappa shape index (κ3) is 4.33. The predicted octanol–water partition coefficient (Wildman–Crippen LogP) is 4.16. The van der Waals surface area contributed by atoms with Crippen molar-refractivity contribution in [3.63, 3.8) is 0 Å². The zero-order chi connectivity index (χ0) is 17.8. The molecule has 3 rings (SSSR count). The number of halogens is 2. The highest BCUT2D eigenvalue weighted by molar-refractivity contribution is 6.42. The fourth-order valence-corrected chi connectivity index (χ4v) is 3.14. The normalized spacial score (nSPS) is 13.8. The summed E-state index contributed by atoms with van der Waals surface area (Å²) in [5.41, 5.74) is 1.97. The summed E-state index contributed by atoms with van der Waals surface area (Å²) in [6, 6.07) is 12.1. The highest BCUT2D eigenvalue weighted by atomic mass is 35.5. The molecule has 1 fully saturated rings. The highest BCUT2D eigenvalue weighted by Crippen LogP contribution is 2.22. The van der Waals surface area contributed by atoms with Crippen LogP contribution in [0.4, 0.5) is 0 Å². The summed E-state index contributed by atoms with van der Waals surface area (Å²) in [5, 5.41) is 3.58. The number of benzene rings is 2.